The Bertz CT molecular complexity index is 972. The Kier molecular flexibility index (Phi) is 7.11. The van der Waals surface area contributed by atoms with E-state index in [9.17, 15) is 9.59 Å². The van der Waals surface area contributed by atoms with Crippen molar-refractivity contribution in [2.24, 2.45) is 5.92 Å². The molecule has 0 spiro atoms. The molecule has 1 unspecified atom stereocenters. The maximum Gasteiger partial charge on any atom is 0.257 e. The van der Waals surface area contributed by atoms with Gasteiger partial charge in [0.25, 0.3) is 5.91 Å². The fourth-order valence-corrected chi connectivity index (χ4v) is 4.98. The molecule has 1 aliphatic heterocycles. The molecule has 170 valence electrons. The number of nitrogens with zero attached hydrogens (tertiary/aromatic N) is 3. The first-order valence-electron chi connectivity index (χ1n) is 11.5. The second-order valence-electron chi connectivity index (χ2n) is 9.02. The number of carbonyl (C=O) groups excluding carboxylic acids is 2. The molecule has 2 aromatic rings. The van der Waals surface area contributed by atoms with E-state index in [1.807, 2.05) is 31.2 Å². The molecule has 1 aliphatic carbocycles. The number of anilines is 1. The Morgan fingerprint density at radius 1 is 1.16 bits per heavy atom. The molecule has 2 fully saturated rings. The summed E-state index contributed by atoms with van der Waals surface area (Å²) < 4.78 is 0. The molecule has 1 saturated heterocycles. The highest BCUT2D eigenvalue weighted by atomic mass is 35.5. The predicted molar refractivity (Wildman–Crippen MR) is 127 cm³/mol. The second-order valence-corrected chi connectivity index (χ2v) is 9.40. The maximum absolute atomic E-state index is 12.9. The molecular formula is C25H31ClN4O2. The maximum atomic E-state index is 12.9. The zero-order valence-corrected chi connectivity index (χ0v) is 19.6. The Hall–Kier alpha value is -2.44. The average molecular weight is 455 g/mol. The summed E-state index contributed by atoms with van der Waals surface area (Å²) in [5, 5.41) is 3.46. The van der Waals surface area contributed by atoms with E-state index in [1.54, 1.807) is 12.3 Å². The SMILES string of the molecule is Cc1ccc(C(=O)Nc2cccc(CN3CCN(C(=O)C4CCCC4)C(C)C3)c2Cl)cn1. The number of nitrogens with one attached hydrogen (secondary N) is 1. The number of piperazine rings is 1. The molecule has 1 aromatic heterocycles. The van der Waals surface area contributed by atoms with Gasteiger partial charge < -0.3 is 10.2 Å². The van der Waals surface area contributed by atoms with Gasteiger partial charge >= 0.3 is 0 Å². The number of amides is 2. The lowest BCUT2D eigenvalue weighted by Crippen LogP contribution is -2.54. The smallest absolute Gasteiger partial charge is 0.257 e. The van der Waals surface area contributed by atoms with E-state index in [0.29, 0.717) is 28.7 Å². The summed E-state index contributed by atoms with van der Waals surface area (Å²) in [6.07, 6.45) is 6.00. The van der Waals surface area contributed by atoms with Crippen LogP contribution < -0.4 is 5.32 Å². The Morgan fingerprint density at radius 2 is 1.94 bits per heavy atom. The Labute approximate surface area is 195 Å². The molecule has 1 atom stereocenters. The number of benzene rings is 1. The van der Waals surface area contributed by atoms with Gasteiger partial charge in [-0.2, -0.15) is 0 Å². The lowest BCUT2D eigenvalue weighted by Gasteiger charge is -2.41. The van der Waals surface area contributed by atoms with E-state index < -0.39 is 0 Å². The highest BCUT2D eigenvalue weighted by molar-refractivity contribution is 6.34. The standard InChI is InChI=1S/C25H31ClN4O2/c1-17-10-11-20(14-27-17)24(31)28-22-9-5-8-21(23(22)26)16-29-12-13-30(18(2)15-29)25(32)19-6-3-4-7-19/h5,8-11,14,18-19H,3-4,6-7,12-13,15-16H2,1-2H3,(H,28,31). The molecule has 0 radical (unpaired) electrons. The molecule has 0 bridgehead atoms. The van der Waals surface area contributed by atoms with E-state index in [0.717, 1.165) is 43.7 Å². The molecule has 2 heterocycles. The van der Waals surface area contributed by atoms with Crippen LogP contribution in [0.5, 0.6) is 0 Å². The summed E-state index contributed by atoms with van der Waals surface area (Å²) in [5.74, 6) is 0.328. The lowest BCUT2D eigenvalue weighted by molar-refractivity contribution is -0.140. The van der Waals surface area contributed by atoms with E-state index in [1.165, 1.54) is 12.8 Å². The predicted octanol–water partition coefficient (Wildman–Crippen LogP) is 4.52. The second kappa shape index (κ2) is 10.0. The van der Waals surface area contributed by atoms with Crippen molar-refractivity contribution in [1.29, 1.82) is 0 Å². The van der Waals surface area contributed by atoms with Gasteiger partial charge in [0, 0.05) is 50.0 Å². The van der Waals surface area contributed by atoms with Crippen LogP contribution in [0.3, 0.4) is 0 Å². The first kappa shape index (κ1) is 22.7. The monoisotopic (exact) mass is 454 g/mol. The molecule has 7 heteroatoms. The lowest BCUT2D eigenvalue weighted by atomic mass is 10.0. The van der Waals surface area contributed by atoms with E-state index in [4.69, 9.17) is 11.6 Å². The highest BCUT2D eigenvalue weighted by Crippen LogP contribution is 2.30. The van der Waals surface area contributed by atoms with Crippen molar-refractivity contribution in [1.82, 2.24) is 14.8 Å². The van der Waals surface area contributed by atoms with Crippen LogP contribution in [0.25, 0.3) is 0 Å². The van der Waals surface area contributed by atoms with Crippen molar-refractivity contribution in [2.45, 2.75) is 52.1 Å². The number of rotatable bonds is 5. The molecule has 1 saturated carbocycles. The third-order valence-corrected chi connectivity index (χ3v) is 7.04. The summed E-state index contributed by atoms with van der Waals surface area (Å²) in [6, 6.07) is 9.47. The van der Waals surface area contributed by atoms with Crippen LogP contribution >= 0.6 is 11.6 Å². The van der Waals surface area contributed by atoms with Crippen LogP contribution in [-0.4, -0.2) is 52.3 Å². The van der Waals surface area contributed by atoms with Crippen molar-refractivity contribution in [3.05, 3.63) is 58.4 Å². The van der Waals surface area contributed by atoms with Crippen molar-refractivity contribution >= 4 is 29.1 Å². The minimum absolute atomic E-state index is 0.188. The Morgan fingerprint density at radius 3 is 2.62 bits per heavy atom. The van der Waals surface area contributed by atoms with Gasteiger partial charge in [-0.3, -0.25) is 19.5 Å². The third-order valence-electron chi connectivity index (χ3n) is 6.59. The molecule has 2 aliphatic rings. The number of halogens is 1. The fraction of sp³-hybridized carbons (Fsp3) is 0.480. The third kappa shape index (κ3) is 5.13. The van der Waals surface area contributed by atoms with Crippen LogP contribution in [0.4, 0.5) is 5.69 Å². The van der Waals surface area contributed by atoms with Crippen LogP contribution in [0.1, 0.15) is 54.2 Å². The molecular weight excluding hydrogens is 424 g/mol. The van der Waals surface area contributed by atoms with E-state index in [-0.39, 0.29) is 17.9 Å². The van der Waals surface area contributed by atoms with Crippen molar-refractivity contribution in [3.63, 3.8) is 0 Å². The van der Waals surface area contributed by atoms with Gasteiger partial charge in [0.05, 0.1) is 16.3 Å². The molecule has 1 N–H and O–H groups in total. The number of aryl methyl sites for hydroxylation is 1. The summed E-state index contributed by atoms with van der Waals surface area (Å²) in [6.45, 7) is 7.10. The van der Waals surface area contributed by atoms with Gasteiger partial charge in [0.1, 0.15) is 0 Å². The van der Waals surface area contributed by atoms with E-state index in [2.05, 4.69) is 27.0 Å². The van der Waals surface area contributed by atoms with Gasteiger partial charge in [-0.25, -0.2) is 0 Å². The molecule has 4 rings (SSSR count). The van der Waals surface area contributed by atoms with Gasteiger partial charge in [0.15, 0.2) is 0 Å². The van der Waals surface area contributed by atoms with Crippen molar-refractivity contribution in [3.8, 4) is 0 Å². The Balaban J connectivity index is 1.38. The summed E-state index contributed by atoms with van der Waals surface area (Å²) >= 11 is 6.66. The van der Waals surface area contributed by atoms with Crippen LogP contribution in [0, 0.1) is 12.8 Å². The fourth-order valence-electron chi connectivity index (χ4n) is 4.75. The zero-order valence-electron chi connectivity index (χ0n) is 18.8. The topological polar surface area (TPSA) is 65.5 Å². The zero-order chi connectivity index (χ0) is 22.7. The van der Waals surface area contributed by atoms with Crippen LogP contribution in [0.15, 0.2) is 36.5 Å². The molecule has 2 amide bonds. The molecule has 1 aromatic carbocycles. The van der Waals surface area contributed by atoms with Gasteiger partial charge in [0.2, 0.25) is 5.91 Å². The normalized spacial score (nSPS) is 19.8. The van der Waals surface area contributed by atoms with Gasteiger partial charge in [-0.15, -0.1) is 0 Å². The summed E-state index contributed by atoms with van der Waals surface area (Å²) in [5.41, 5.74) is 2.92. The summed E-state index contributed by atoms with van der Waals surface area (Å²) in [4.78, 5) is 34.0. The van der Waals surface area contributed by atoms with E-state index >= 15 is 0 Å². The van der Waals surface area contributed by atoms with Crippen molar-refractivity contribution in [2.75, 3.05) is 25.0 Å². The molecule has 6 nitrogen and oxygen atoms in total. The molecule has 32 heavy (non-hydrogen) atoms. The largest absolute Gasteiger partial charge is 0.337 e. The number of hydrogen-bond acceptors (Lipinski definition) is 4. The van der Waals surface area contributed by atoms with Crippen LogP contribution in [-0.2, 0) is 11.3 Å². The van der Waals surface area contributed by atoms with Gasteiger partial charge in [-0.1, -0.05) is 36.6 Å². The van der Waals surface area contributed by atoms with Crippen molar-refractivity contribution < 1.29 is 9.59 Å². The first-order chi connectivity index (χ1) is 15.4. The average Bonchev–Trinajstić information content (AvgIpc) is 3.32. The first-order valence-corrected chi connectivity index (χ1v) is 11.8. The highest BCUT2D eigenvalue weighted by Gasteiger charge is 2.33. The number of hydrogen-bond donors (Lipinski definition) is 1. The number of aromatic nitrogens is 1. The quantitative estimate of drug-likeness (QED) is 0.721. The number of pyridine rings is 1. The van der Waals surface area contributed by atoms with Crippen LogP contribution in [0.2, 0.25) is 5.02 Å². The minimum atomic E-state index is -0.232. The van der Waals surface area contributed by atoms with Gasteiger partial charge in [-0.05, 0) is 50.5 Å². The summed E-state index contributed by atoms with van der Waals surface area (Å²) in [7, 11) is 0. The number of carbonyl (C=O) groups is 2. The minimum Gasteiger partial charge on any atom is -0.337 e.